The van der Waals surface area contributed by atoms with Crippen molar-refractivity contribution in [3.8, 4) is 11.5 Å². The first-order valence-corrected chi connectivity index (χ1v) is 8.05. The second-order valence-corrected chi connectivity index (χ2v) is 5.71. The number of nitrogens with one attached hydrogen (secondary N) is 1. The molecule has 0 aromatic heterocycles. The van der Waals surface area contributed by atoms with E-state index in [0.29, 0.717) is 16.6 Å². The van der Waals surface area contributed by atoms with Gasteiger partial charge in [-0.25, -0.2) is 0 Å². The summed E-state index contributed by atoms with van der Waals surface area (Å²) in [4.78, 5) is 14.0. The Hall–Kier alpha value is -2.60. The van der Waals surface area contributed by atoms with Crippen LogP contribution in [0.2, 0.25) is 0 Å². The Labute approximate surface area is 146 Å². The van der Waals surface area contributed by atoms with Gasteiger partial charge in [-0.3, -0.25) is 10.1 Å². The third-order valence-corrected chi connectivity index (χ3v) is 4.13. The average Bonchev–Trinajstić information content (AvgIpc) is 3.04. The smallest absolute Gasteiger partial charge is 0.264 e. The quantitative estimate of drug-likeness (QED) is 0.866. The van der Waals surface area contributed by atoms with Crippen LogP contribution in [0, 0.1) is 0 Å². The van der Waals surface area contributed by atoms with Gasteiger partial charge in [0.1, 0.15) is 0 Å². The fraction of sp³-hybridized carbons (Fsp3) is 0.222. The van der Waals surface area contributed by atoms with Gasteiger partial charge in [0, 0.05) is 12.2 Å². The highest BCUT2D eigenvalue weighted by Gasteiger charge is 2.22. The number of methoxy groups -OCH3 is 1. The maximum Gasteiger partial charge on any atom is 0.264 e. The van der Waals surface area contributed by atoms with Gasteiger partial charge in [-0.15, -0.1) is 0 Å². The molecule has 1 aliphatic rings. The van der Waals surface area contributed by atoms with E-state index in [0.717, 1.165) is 18.7 Å². The SMILES string of the molecule is COc1ccccc1OCC(=O)NC(=S)N1CCc2ccccc21. The Balaban J connectivity index is 1.57. The van der Waals surface area contributed by atoms with Crippen LogP contribution in [0.4, 0.5) is 5.69 Å². The highest BCUT2D eigenvalue weighted by molar-refractivity contribution is 7.80. The van der Waals surface area contributed by atoms with Crippen LogP contribution in [-0.2, 0) is 11.2 Å². The number of rotatable bonds is 4. The van der Waals surface area contributed by atoms with Crippen molar-refractivity contribution < 1.29 is 14.3 Å². The molecule has 0 unspecified atom stereocenters. The Morgan fingerprint density at radius 1 is 1.17 bits per heavy atom. The number of hydrogen-bond acceptors (Lipinski definition) is 4. The molecule has 124 valence electrons. The van der Waals surface area contributed by atoms with E-state index in [2.05, 4.69) is 11.4 Å². The first-order valence-electron chi connectivity index (χ1n) is 7.64. The van der Waals surface area contributed by atoms with E-state index in [1.54, 1.807) is 19.2 Å². The summed E-state index contributed by atoms with van der Waals surface area (Å²) in [5.74, 6) is 0.809. The summed E-state index contributed by atoms with van der Waals surface area (Å²) in [6.07, 6.45) is 0.921. The molecule has 0 saturated heterocycles. The summed E-state index contributed by atoms with van der Waals surface area (Å²) in [6, 6.07) is 15.2. The maximum absolute atomic E-state index is 12.1. The maximum atomic E-state index is 12.1. The van der Waals surface area contributed by atoms with E-state index >= 15 is 0 Å². The summed E-state index contributed by atoms with van der Waals surface area (Å²) in [5, 5.41) is 3.12. The van der Waals surface area contributed by atoms with Crippen molar-refractivity contribution >= 4 is 28.9 Å². The molecule has 1 N–H and O–H groups in total. The molecule has 1 heterocycles. The van der Waals surface area contributed by atoms with Crippen molar-refractivity contribution in [2.75, 3.05) is 25.2 Å². The van der Waals surface area contributed by atoms with E-state index < -0.39 is 0 Å². The minimum absolute atomic E-state index is 0.129. The van der Waals surface area contributed by atoms with Gasteiger partial charge in [-0.05, 0) is 42.4 Å². The Morgan fingerprint density at radius 3 is 2.67 bits per heavy atom. The summed E-state index contributed by atoms with van der Waals surface area (Å²) in [5.41, 5.74) is 2.29. The number of thiocarbonyl (C=S) groups is 1. The van der Waals surface area contributed by atoms with E-state index in [1.165, 1.54) is 5.56 Å². The summed E-state index contributed by atoms with van der Waals surface area (Å²) in [6.45, 7) is 0.641. The first-order chi connectivity index (χ1) is 11.7. The molecule has 6 heteroatoms. The molecular weight excluding hydrogens is 324 g/mol. The molecule has 0 bridgehead atoms. The monoisotopic (exact) mass is 342 g/mol. The number of ether oxygens (including phenoxy) is 2. The first kappa shape index (κ1) is 16.3. The van der Waals surface area contributed by atoms with E-state index in [-0.39, 0.29) is 12.5 Å². The van der Waals surface area contributed by atoms with Gasteiger partial charge < -0.3 is 14.4 Å². The van der Waals surface area contributed by atoms with Gasteiger partial charge in [-0.1, -0.05) is 30.3 Å². The van der Waals surface area contributed by atoms with Crippen molar-refractivity contribution in [2.24, 2.45) is 0 Å². The lowest BCUT2D eigenvalue weighted by Gasteiger charge is -2.20. The van der Waals surface area contributed by atoms with Crippen LogP contribution in [0.15, 0.2) is 48.5 Å². The predicted octanol–water partition coefficient (Wildman–Crippen LogP) is 2.54. The molecule has 0 radical (unpaired) electrons. The lowest BCUT2D eigenvalue weighted by Crippen LogP contribution is -2.43. The standard InChI is InChI=1S/C18H18N2O3S/c1-22-15-8-4-5-9-16(15)23-12-17(21)19-18(24)20-11-10-13-6-2-3-7-14(13)20/h2-9H,10-12H2,1H3,(H,19,21,24). The number of para-hydroxylation sites is 3. The van der Waals surface area contributed by atoms with Crippen LogP contribution in [0.1, 0.15) is 5.56 Å². The number of nitrogens with zero attached hydrogens (tertiary/aromatic N) is 1. The zero-order valence-corrected chi connectivity index (χ0v) is 14.1. The molecule has 0 aliphatic carbocycles. The lowest BCUT2D eigenvalue weighted by molar-refractivity contribution is -0.121. The summed E-state index contributed by atoms with van der Waals surface area (Å²) >= 11 is 5.36. The van der Waals surface area contributed by atoms with Gasteiger partial charge in [0.2, 0.25) is 0 Å². The van der Waals surface area contributed by atoms with Gasteiger partial charge in [-0.2, -0.15) is 0 Å². The normalized spacial score (nSPS) is 12.5. The summed E-state index contributed by atoms with van der Waals surface area (Å²) < 4.78 is 10.7. The molecule has 0 atom stereocenters. The molecule has 3 rings (SSSR count). The number of fused-ring (bicyclic) bond motifs is 1. The molecule has 24 heavy (non-hydrogen) atoms. The number of amides is 1. The third kappa shape index (κ3) is 3.49. The molecule has 2 aromatic rings. The number of carbonyl (C=O) groups excluding carboxylic acids is 1. The molecule has 0 saturated carbocycles. The number of benzene rings is 2. The highest BCUT2D eigenvalue weighted by atomic mass is 32.1. The van der Waals surface area contributed by atoms with Crippen LogP contribution >= 0.6 is 12.2 Å². The van der Waals surface area contributed by atoms with Crippen molar-refractivity contribution in [3.05, 3.63) is 54.1 Å². The molecule has 5 nitrogen and oxygen atoms in total. The predicted molar refractivity (Wildman–Crippen MR) is 96.7 cm³/mol. The van der Waals surface area contributed by atoms with Crippen LogP contribution < -0.4 is 19.7 Å². The topological polar surface area (TPSA) is 50.8 Å². The fourth-order valence-electron chi connectivity index (χ4n) is 2.65. The van der Waals surface area contributed by atoms with Crippen LogP contribution in [0.25, 0.3) is 0 Å². The number of carbonyl (C=O) groups is 1. The largest absolute Gasteiger partial charge is 0.493 e. The molecule has 0 spiro atoms. The van der Waals surface area contributed by atoms with Gasteiger partial charge in [0.25, 0.3) is 5.91 Å². The third-order valence-electron chi connectivity index (χ3n) is 3.81. The van der Waals surface area contributed by atoms with Gasteiger partial charge in [0.05, 0.1) is 7.11 Å². The van der Waals surface area contributed by atoms with Gasteiger partial charge >= 0.3 is 0 Å². The number of hydrogen-bond donors (Lipinski definition) is 1. The molecular formula is C18H18N2O3S. The van der Waals surface area contributed by atoms with E-state index in [9.17, 15) is 4.79 Å². The fourth-order valence-corrected chi connectivity index (χ4v) is 2.96. The van der Waals surface area contributed by atoms with Crippen molar-refractivity contribution in [2.45, 2.75) is 6.42 Å². The molecule has 0 fully saturated rings. The average molecular weight is 342 g/mol. The Bertz CT molecular complexity index is 763. The lowest BCUT2D eigenvalue weighted by atomic mass is 10.2. The zero-order valence-electron chi connectivity index (χ0n) is 13.3. The van der Waals surface area contributed by atoms with Crippen molar-refractivity contribution in [1.82, 2.24) is 5.32 Å². The van der Waals surface area contributed by atoms with Crippen molar-refractivity contribution in [3.63, 3.8) is 0 Å². The van der Waals surface area contributed by atoms with Crippen LogP contribution in [-0.4, -0.2) is 31.3 Å². The minimum atomic E-state index is -0.296. The Morgan fingerprint density at radius 2 is 1.88 bits per heavy atom. The second kappa shape index (κ2) is 7.31. The van der Waals surface area contributed by atoms with Crippen molar-refractivity contribution in [1.29, 1.82) is 0 Å². The second-order valence-electron chi connectivity index (χ2n) is 5.32. The molecule has 1 amide bonds. The van der Waals surface area contributed by atoms with Crippen LogP contribution in [0.5, 0.6) is 11.5 Å². The minimum Gasteiger partial charge on any atom is -0.493 e. The van der Waals surface area contributed by atoms with Gasteiger partial charge in [0.15, 0.2) is 23.2 Å². The molecule has 1 aliphatic heterocycles. The summed E-state index contributed by atoms with van der Waals surface area (Å²) in [7, 11) is 1.56. The zero-order chi connectivity index (χ0) is 16.9. The number of anilines is 1. The van der Waals surface area contributed by atoms with E-state index in [4.69, 9.17) is 21.7 Å². The Kier molecular flexibility index (Phi) is 4.96. The molecule has 2 aromatic carbocycles. The van der Waals surface area contributed by atoms with E-state index in [1.807, 2.05) is 35.2 Å². The van der Waals surface area contributed by atoms with Crippen LogP contribution in [0.3, 0.4) is 0 Å². The highest BCUT2D eigenvalue weighted by Crippen LogP contribution is 2.27.